The molecule has 2 rings (SSSR count). The molecule has 0 amide bonds. The van der Waals surface area contributed by atoms with E-state index in [2.05, 4.69) is 0 Å². The lowest BCUT2D eigenvalue weighted by atomic mass is 9.94. The molecule has 0 atom stereocenters. The minimum atomic E-state index is -0.994. The van der Waals surface area contributed by atoms with Gasteiger partial charge in [-0.25, -0.2) is 9.18 Å². The first-order valence-corrected chi connectivity index (χ1v) is 6.01. The van der Waals surface area contributed by atoms with Gasteiger partial charge >= 0.3 is 5.97 Å². The number of hydrogen-bond donors (Lipinski definition) is 1. The van der Waals surface area contributed by atoms with Gasteiger partial charge in [-0.15, -0.1) is 0 Å². The van der Waals surface area contributed by atoms with Crippen molar-refractivity contribution in [3.8, 4) is 11.1 Å². The van der Waals surface area contributed by atoms with E-state index < -0.39 is 5.97 Å². The van der Waals surface area contributed by atoms with E-state index in [4.69, 9.17) is 5.11 Å². The predicted molar refractivity (Wildman–Crippen MR) is 73.0 cm³/mol. The van der Waals surface area contributed by atoms with Gasteiger partial charge in [0.15, 0.2) is 0 Å². The Hall–Kier alpha value is -2.16. The maximum Gasteiger partial charge on any atom is 0.335 e. The number of carboxylic acids is 1. The number of carbonyl (C=O) groups is 1. The molecule has 3 heteroatoms. The Morgan fingerprint density at radius 2 is 1.68 bits per heavy atom. The summed E-state index contributed by atoms with van der Waals surface area (Å²) in [7, 11) is 0. The van der Waals surface area contributed by atoms with Crippen LogP contribution in [0.1, 0.15) is 27.0 Å². The highest BCUT2D eigenvalue weighted by atomic mass is 19.1. The van der Waals surface area contributed by atoms with E-state index in [1.807, 2.05) is 13.8 Å². The SMILES string of the molecule is Cc1ccc(F)c(-c2cc(C(=O)O)c(C)cc2C)c1. The molecule has 98 valence electrons. The molecular weight excluding hydrogens is 243 g/mol. The van der Waals surface area contributed by atoms with Gasteiger partial charge in [0.1, 0.15) is 5.82 Å². The fourth-order valence-electron chi connectivity index (χ4n) is 2.22. The second-order valence-corrected chi connectivity index (χ2v) is 4.77. The number of benzene rings is 2. The van der Waals surface area contributed by atoms with Crippen molar-refractivity contribution in [3.63, 3.8) is 0 Å². The van der Waals surface area contributed by atoms with Crippen molar-refractivity contribution in [3.05, 3.63) is 58.4 Å². The molecule has 0 saturated heterocycles. The number of carboxylic acid groups (broad SMARTS) is 1. The van der Waals surface area contributed by atoms with Gasteiger partial charge in [-0.05, 0) is 55.7 Å². The molecule has 0 spiro atoms. The third-order valence-corrected chi connectivity index (χ3v) is 3.21. The Morgan fingerprint density at radius 3 is 2.32 bits per heavy atom. The summed E-state index contributed by atoms with van der Waals surface area (Å²) >= 11 is 0. The molecule has 0 bridgehead atoms. The Labute approximate surface area is 111 Å². The third-order valence-electron chi connectivity index (χ3n) is 3.21. The molecule has 0 aliphatic carbocycles. The standard InChI is InChI=1S/C16H15FO2/c1-9-4-5-15(17)14(6-9)12-8-13(16(18)19)11(3)7-10(12)2/h4-8H,1-3H3,(H,18,19). The molecule has 0 aromatic heterocycles. The van der Waals surface area contributed by atoms with Crippen LogP contribution < -0.4 is 0 Å². The van der Waals surface area contributed by atoms with Crippen molar-refractivity contribution in [1.82, 2.24) is 0 Å². The summed E-state index contributed by atoms with van der Waals surface area (Å²) in [6, 6.07) is 8.16. The van der Waals surface area contributed by atoms with Crippen LogP contribution in [-0.2, 0) is 0 Å². The first-order valence-electron chi connectivity index (χ1n) is 6.01. The van der Waals surface area contributed by atoms with E-state index in [-0.39, 0.29) is 11.4 Å². The van der Waals surface area contributed by atoms with Crippen molar-refractivity contribution in [2.45, 2.75) is 20.8 Å². The van der Waals surface area contributed by atoms with Crippen LogP contribution in [0.15, 0.2) is 30.3 Å². The minimum absolute atomic E-state index is 0.210. The quantitative estimate of drug-likeness (QED) is 0.879. The molecule has 1 N–H and O–H groups in total. The highest BCUT2D eigenvalue weighted by Gasteiger charge is 2.14. The molecule has 2 aromatic rings. The molecule has 2 aromatic carbocycles. The first kappa shape index (κ1) is 13.3. The van der Waals surface area contributed by atoms with Crippen molar-refractivity contribution in [1.29, 1.82) is 0 Å². The van der Waals surface area contributed by atoms with Gasteiger partial charge in [-0.1, -0.05) is 17.7 Å². The summed E-state index contributed by atoms with van der Waals surface area (Å²) in [4.78, 5) is 11.2. The maximum atomic E-state index is 13.9. The van der Waals surface area contributed by atoms with Gasteiger partial charge in [0.25, 0.3) is 0 Å². The highest BCUT2D eigenvalue weighted by molar-refractivity contribution is 5.91. The van der Waals surface area contributed by atoms with E-state index in [9.17, 15) is 9.18 Å². The van der Waals surface area contributed by atoms with E-state index in [0.717, 1.165) is 11.1 Å². The summed E-state index contributed by atoms with van der Waals surface area (Å²) in [5.74, 6) is -1.33. The molecule has 0 saturated carbocycles. The number of hydrogen-bond acceptors (Lipinski definition) is 1. The minimum Gasteiger partial charge on any atom is -0.478 e. The third kappa shape index (κ3) is 2.50. The zero-order valence-electron chi connectivity index (χ0n) is 11.1. The smallest absolute Gasteiger partial charge is 0.335 e. The molecule has 2 nitrogen and oxygen atoms in total. The Balaban J connectivity index is 2.71. The largest absolute Gasteiger partial charge is 0.478 e. The van der Waals surface area contributed by atoms with Crippen LogP contribution in [0.3, 0.4) is 0 Å². The Kier molecular flexibility index (Phi) is 3.38. The van der Waals surface area contributed by atoms with E-state index in [0.29, 0.717) is 16.7 Å². The van der Waals surface area contributed by atoms with Crippen LogP contribution >= 0.6 is 0 Å². The molecule has 0 fully saturated rings. The predicted octanol–water partition coefficient (Wildman–Crippen LogP) is 4.12. The number of halogens is 1. The average molecular weight is 258 g/mol. The molecule has 0 aliphatic rings. The van der Waals surface area contributed by atoms with Crippen molar-refractivity contribution >= 4 is 5.97 Å². The summed E-state index contributed by atoms with van der Waals surface area (Å²) in [5.41, 5.74) is 3.77. The van der Waals surface area contributed by atoms with Gasteiger partial charge < -0.3 is 5.11 Å². The monoisotopic (exact) mass is 258 g/mol. The van der Waals surface area contributed by atoms with E-state index in [1.165, 1.54) is 6.07 Å². The maximum absolute atomic E-state index is 13.9. The summed E-state index contributed by atoms with van der Waals surface area (Å²) < 4.78 is 13.9. The number of rotatable bonds is 2. The van der Waals surface area contributed by atoms with Crippen LogP contribution in [-0.4, -0.2) is 11.1 Å². The van der Waals surface area contributed by atoms with Crippen LogP contribution in [0.5, 0.6) is 0 Å². The van der Waals surface area contributed by atoms with Crippen molar-refractivity contribution in [2.75, 3.05) is 0 Å². The number of aromatic carboxylic acids is 1. The lowest BCUT2D eigenvalue weighted by Gasteiger charge is -2.11. The van der Waals surface area contributed by atoms with Gasteiger partial charge in [-0.2, -0.15) is 0 Å². The zero-order valence-corrected chi connectivity index (χ0v) is 11.1. The van der Waals surface area contributed by atoms with Crippen LogP contribution in [0.2, 0.25) is 0 Å². The average Bonchev–Trinajstić information content (AvgIpc) is 2.32. The topological polar surface area (TPSA) is 37.3 Å². The summed E-state index contributed by atoms with van der Waals surface area (Å²) in [6.07, 6.45) is 0. The number of aryl methyl sites for hydroxylation is 3. The molecule has 0 radical (unpaired) electrons. The highest BCUT2D eigenvalue weighted by Crippen LogP contribution is 2.29. The first-order chi connectivity index (χ1) is 8.90. The van der Waals surface area contributed by atoms with Gasteiger partial charge in [0.05, 0.1) is 5.56 Å². The second kappa shape index (κ2) is 4.84. The fraction of sp³-hybridized carbons (Fsp3) is 0.188. The summed E-state index contributed by atoms with van der Waals surface area (Å²) in [5, 5.41) is 9.16. The van der Waals surface area contributed by atoms with Crippen LogP contribution in [0.4, 0.5) is 4.39 Å². The molecule has 0 heterocycles. The lowest BCUT2D eigenvalue weighted by molar-refractivity contribution is 0.0696. The van der Waals surface area contributed by atoms with Gasteiger partial charge in [0.2, 0.25) is 0 Å². The normalized spacial score (nSPS) is 10.5. The molecule has 0 aliphatic heterocycles. The molecular formula is C16H15FO2. The van der Waals surface area contributed by atoms with Crippen LogP contribution in [0, 0.1) is 26.6 Å². The molecule has 0 unspecified atom stereocenters. The second-order valence-electron chi connectivity index (χ2n) is 4.77. The molecule has 19 heavy (non-hydrogen) atoms. The van der Waals surface area contributed by atoms with Crippen molar-refractivity contribution in [2.24, 2.45) is 0 Å². The van der Waals surface area contributed by atoms with Gasteiger partial charge in [-0.3, -0.25) is 0 Å². The Morgan fingerprint density at radius 1 is 1.00 bits per heavy atom. The van der Waals surface area contributed by atoms with E-state index in [1.54, 1.807) is 31.2 Å². The van der Waals surface area contributed by atoms with Gasteiger partial charge in [0, 0.05) is 5.56 Å². The van der Waals surface area contributed by atoms with Crippen LogP contribution in [0.25, 0.3) is 11.1 Å². The lowest BCUT2D eigenvalue weighted by Crippen LogP contribution is -2.02. The zero-order chi connectivity index (χ0) is 14.2. The fourth-order valence-corrected chi connectivity index (χ4v) is 2.22. The summed E-state index contributed by atoms with van der Waals surface area (Å²) in [6.45, 7) is 5.48. The van der Waals surface area contributed by atoms with E-state index >= 15 is 0 Å². The Bertz CT molecular complexity index is 660. The van der Waals surface area contributed by atoms with Crippen molar-refractivity contribution < 1.29 is 14.3 Å².